The van der Waals surface area contributed by atoms with E-state index in [4.69, 9.17) is 4.74 Å². The zero-order valence-electron chi connectivity index (χ0n) is 16.2. The van der Waals surface area contributed by atoms with Gasteiger partial charge < -0.3 is 4.74 Å². The van der Waals surface area contributed by atoms with E-state index in [-0.39, 0.29) is 11.6 Å². The molecule has 136 valence electrons. The van der Waals surface area contributed by atoms with Gasteiger partial charge in [0.2, 0.25) is 0 Å². The van der Waals surface area contributed by atoms with E-state index in [9.17, 15) is 9.59 Å². The van der Waals surface area contributed by atoms with Crippen LogP contribution in [0.25, 0.3) is 0 Å². The second-order valence-electron chi connectivity index (χ2n) is 7.35. The van der Waals surface area contributed by atoms with E-state index in [0.717, 1.165) is 44.5 Å². The minimum absolute atomic E-state index is 0.0449. The molecule has 0 saturated heterocycles. The first-order valence-electron chi connectivity index (χ1n) is 9.40. The molecule has 0 atom stereocenters. The number of hydrogen-bond acceptors (Lipinski definition) is 3. The topological polar surface area (TPSA) is 43.4 Å². The van der Waals surface area contributed by atoms with Crippen LogP contribution in [0, 0.1) is 5.92 Å². The lowest BCUT2D eigenvalue weighted by Gasteiger charge is -2.18. The molecule has 3 heteroatoms. The van der Waals surface area contributed by atoms with Gasteiger partial charge in [-0.15, -0.1) is 0 Å². The summed E-state index contributed by atoms with van der Waals surface area (Å²) < 4.78 is 5.57. The Bertz CT molecular complexity index is 509. The van der Waals surface area contributed by atoms with Crippen molar-refractivity contribution in [3.8, 4) is 0 Å². The Kier molecular flexibility index (Phi) is 9.20. The fraction of sp³-hybridized carbons (Fsp3) is 0.714. The first-order chi connectivity index (χ1) is 11.4. The van der Waals surface area contributed by atoms with E-state index in [1.165, 1.54) is 19.3 Å². The molecule has 0 spiro atoms. The van der Waals surface area contributed by atoms with E-state index < -0.39 is 0 Å². The van der Waals surface area contributed by atoms with Crippen LogP contribution in [-0.4, -0.2) is 24.8 Å². The summed E-state index contributed by atoms with van der Waals surface area (Å²) in [7, 11) is 0. The first-order valence-corrected chi connectivity index (χ1v) is 9.40. The molecular weight excluding hydrogens is 300 g/mol. The molecule has 3 nitrogen and oxygen atoms in total. The highest BCUT2D eigenvalue weighted by molar-refractivity contribution is 6.24. The maximum absolute atomic E-state index is 12.3. The Morgan fingerprint density at radius 2 is 1.29 bits per heavy atom. The lowest BCUT2D eigenvalue weighted by Crippen LogP contribution is -2.20. The molecule has 0 amide bonds. The van der Waals surface area contributed by atoms with Crippen molar-refractivity contribution in [3.63, 3.8) is 0 Å². The quantitative estimate of drug-likeness (QED) is 0.385. The highest BCUT2D eigenvalue weighted by Crippen LogP contribution is 2.27. The van der Waals surface area contributed by atoms with Crippen molar-refractivity contribution in [1.29, 1.82) is 0 Å². The average molecular weight is 335 g/mol. The Morgan fingerprint density at radius 1 is 0.750 bits per heavy atom. The maximum atomic E-state index is 12.3. The van der Waals surface area contributed by atoms with Crippen LogP contribution in [0.15, 0.2) is 22.3 Å². The third kappa shape index (κ3) is 6.35. The third-order valence-corrected chi connectivity index (χ3v) is 4.73. The SMILES string of the molecule is CC1=C(C)C(=O)C(CCCCCCCCOCC(C)C)=C(C)C1=O. The van der Waals surface area contributed by atoms with E-state index in [1.807, 2.05) is 0 Å². The van der Waals surface area contributed by atoms with Crippen LogP contribution in [0.2, 0.25) is 0 Å². The number of ether oxygens (including phenoxy) is 1. The Hall–Kier alpha value is -1.22. The molecule has 0 radical (unpaired) electrons. The summed E-state index contributed by atoms with van der Waals surface area (Å²) in [6.07, 6.45) is 7.58. The van der Waals surface area contributed by atoms with Crippen molar-refractivity contribution in [2.75, 3.05) is 13.2 Å². The predicted octanol–water partition coefficient (Wildman–Crippen LogP) is 5.19. The molecule has 0 fully saturated rings. The normalized spacial score (nSPS) is 15.9. The van der Waals surface area contributed by atoms with Crippen molar-refractivity contribution in [1.82, 2.24) is 0 Å². The van der Waals surface area contributed by atoms with Crippen LogP contribution in [0.5, 0.6) is 0 Å². The van der Waals surface area contributed by atoms with E-state index >= 15 is 0 Å². The third-order valence-electron chi connectivity index (χ3n) is 4.73. The van der Waals surface area contributed by atoms with Gasteiger partial charge in [0.05, 0.1) is 0 Å². The number of Topliss-reactive ketones (excluding diaryl/α,β-unsaturated/α-hetero) is 2. The summed E-state index contributed by atoms with van der Waals surface area (Å²) in [4.78, 5) is 24.4. The van der Waals surface area contributed by atoms with E-state index in [1.54, 1.807) is 20.8 Å². The van der Waals surface area contributed by atoms with Gasteiger partial charge in [-0.2, -0.15) is 0 Å². The summed E-state index contributed by atoms with van der Waals surface area (Å²) in [5, 5.41) is 0. The standard InChI is InChI=1S/C21H34O3/c1-15(2)14-24-13-11-9-7-6-8-10-12-19-18(5)20(22)16(3)17(4)21(19)23/h15H,6-14H2,1-5H3. The van der Waals surface area contributed by atoms with Crippen molar-refractivity contribution in [2.24, 2.45) is 5.92 Å². The molecule has 0 heterocycles. The van der Waals surface area contributed by atoms with Gasteiger partial charge in [0, 0.05) is 35.5 Å². The molecule has 0 bridgehead atoms. The van der Waals surface area contributed by atoms with Gasteiger partial charge >= 0.3 is 0 Å². The Labute approximate surface area is 147 Å². The van der Waals surface area contributed by atoms with Crippen LogP contribution in [0.1, 0.15) is 79.6 Å². The second kappa shape index (κ2) is 10.6. The van der Waals surface area contributed by atoms with Gasteiger partial charge in [-0.05, 0) is 46.0 Å². The van der Waals surface area contributed by atoms with Gasteiger partial charge in [-0.1, -0.05) is 39.5 Å². The van der Waals surface area contributed by atoms with Crippen molar-refractivity contribution in [3.05, 3.63) is 22.3 Å². The predicted molar refractivity (Wildman–Crippen MR) is 99.1 cm³/mol. The zero-order valence-corrected chi connectivity index (χ0v) is 16.2. The summed E-state index contributed by atoms with van der Waals surface area (Å²) in [6.45, 7) is 11.4. The molecule has 0 aliphatic heterocycles. The molecular formula is C21H34O3. The smallest absolute Gasteiger partial charge is 0.185 e. The fourth-order valence-corrected chi connectivity index (χ4v) is 2.99. The molecule has 0 aromatic heterocycles. The number of rotatable bonds is 11. The van der Waals surface area contributed by atoms with Gasteiger partial charge in [-0.25, -0.2) is 0 Å². The van der Waals surface area contributed by atoms with Gasteiger partial charge in [0.15, 0.2) is 11.6 Å². The molecule has 1 aliphatic rings. The number of allylic oxidation sites excluding steroid dienone is 4. The number of unbranched alkanes of at least 4 members (excludes halogenated alkanes) is 5. The number of hydrogen-bond donors (Lipinski definition) is 0. The first kappa shape index (κ1) is 20.8. The highest BCUT2D eigenvalue weighted by Gasteiger charge is 2.26. The van der Waals surface area contributed by atoms with Gasteiger partial charge in [0.25, 0.3) is 0 Å². The molecule has 0 aromatic carbocycles. The fourth-order valence-electron chi connectivity index (χ4n) is 2.99. The number of carbonyl (C=O) groups is 2. The zero-order chi connectivity index (χ0) is 18.1. The lowest BCUT2D eigenvalue weighted by molar-refractivity contribution is -0.116. The minimum Gasteiger partial charge on any atom is -0.381 e. The summed E-state index contributed by atoms with van der Waals surface area (Å²) in [6, 6.07) is 0. The monoisotopic (exact) mass is 334 g/mol. The average Bonchev–Trinajstić information content (AvgIpc) is 2.55. The Balaban J connectivity index is 2.17. The summed E-state index contributed by atoms with van der Waals surface area (Å²) in [5.41, 5.74) is 2.64. The van der Waals surface area contributed by atoms with Crippen molar-refractivity contribution < 1.29 is 14.3 Å². The lowest BCUT2D eigenvalue weighted by atomic mass is 9.84. The largest absolute Gasteiger partial charge is 0.381 e. The van der Waals surface area contributed by atoms with Gasteiger partial charge in [-0.3, -0.25) is 9.59 Å². The highest BCUT2D eigenvalue weighted by atomic mass is 16.5. The van der Waals surface area contributed by atoms with Crippen LogP contribution >= 0.6 is 0 Å². The van der Waals surface area contributed by atoms with Crippen LogP contribution in [0.3, 0.4) is 0 Å². The van der Waals surface area contributed by atoms with Crippen molar-refractivity contribution in [2.45, 2.75) is 79.6 Å². The van der Waals surface area contributed by atoms with Crippen LogP contribution in [0.4, 0.5) is 0 Å². The number of ketones is 2. The van der Waals surface area contributed by atoms with E-state index in [0.29, 0.717) is 22.6 Å². The van der Waals surface area contributed by atoms with Crippen LogP contribution in [-0.2, 0) is 14.3 Å². The van der Waals surface area contributed by atoms with Gasteiger partial charge in [0.1, 0.15) is 0 Å². The van der Waals surface area contributed by atoms with E-state index in [2.05, 4.69) is 13.8 Å². The molecule has 0 unspecified atom stereocenters. The number of carbonyl (C=O) groups excluding carboxylic acids is 2. The minimum atomic E-state index is 0.0449. The molecule has 24 heavy (non-hydrogen) atoms. The summed E-state index contributed by atoms with van der Waals surface area (Å²) in [5.74, 6) is 0.731. The van der Waals surface area contributed by atoms with Crippen LogP contribution < -0.4 is 0 Å². The maximum Gasteiger partial charge on any atom is 0.185 e. The summed E-state index contributed by atoms with van der Waals surface area (Å²) >= 11 is 0. The molecule has 0 N–H and O–H groups in total. The Morgan fingerprint density at radius 3 is 1.92 bits per heavy atom. The second-order valence-corrected chi connectivity index (χ2v) is 7.35. The molecule has 1 rings (SSSR count). The molecule has 0 saturated carbocycles. The molecule has 0 aromatic rings. The van der Waals surface area contributed by atoms with Crippen molar-refractivity contribution >= 4 is 11.6 Å². The molecule has 1 aliphatic carbocycles.